The molecule has 1 aliphatic rings. The topological polar surface area (TPSA) is 59.1 Å². The Bertz CT molecular complexity index is 667. The van der Waals surface area contributed by atoms with E-state index in [0.717, 1.165) is 0 Å². The van der Waals surface area contributed by atoms with Crippen LogP contribution < -0.4 is 4.90 Å². The number of hydrogen-bond donors (Lipinski definition) is 0. The smallest absolute Gasteiger partial charge is 0.415 e. The average Bonchev–Trinajstić information content (AvgIpc) is 2.58. The van der Waals surface area contributed by atoms with Gasteiger partial charge in [0.25, 0.3) is 0 Å². The van der Waals surface area contributed by atoms with Gasteiger partial charge in [-0.05, 0) is 39.0 Å². The van der Waals surface area contributed by atoms with Gasteiger partial charge in [0.2, 0.25) is 5.91 Å². The average molecular weight is 344 g/mol. The van der Waals surface area contributed by atoms with Crippen LogP contribution in [0.3, 0.4) is 0 Å². The molecule has 1 aliphatic heterocycles. The summed E-state index contributed by atoms with van der Waals surface area (Å²) >= 11 is 0. The number of amides is 2. The maximum absolute atomic E-state index is 12.6. The monoisotopic (exact) mass is 344 g/mol. The number of terminal acetylenes is 1. The van der Waals surface area contributed by atoms with Crippen molar-refractivity contribution in [2.45, 2.75) is 26.4 Å². The third kappa shape index (κ3) is 5.50. The van der Waals surface area contributed by atoms with Gasteiger partial charge in [-0.1, -0.05) is 12.0 Å². The number of ether oxygens (including phenoxy) is 2. The van der Waals surface area contributed by atoms with Crippen LogP contribution >= 0.6 is 0 Å². The van der Waals surface area contributed by atoms with E-state index in [0.29, 0.717) is 37.6 Å². The van der Waals surface area contributed by atoms with E-state index in [9.17, 15) is 9.59 Å². The maximum atomic E-state index is 12.6. The lowest BCUT2D eigenvalue weighted by Gasteiger charge is -2.31. The second-order valence-corrected chi connectivity index (χ2v) is 6.75. The first kappa shape index (κ1) is 18.8. The fraction of sp³-hybridized carbons (Fsp3) is 0.474. The molecule has 0 radical (unpaired) electrons. The Labute approximate surface area is 148 Å². The van der Waals surface area contributed by atoms with E-state index in [1.807, 2.05) is 0 Å². The van der Waals surface area contributed by atoms with E-state index < -0.39 is 11.7 Å². The third-order valence-corrected chi connectivity index (χ3v) is 3.60. The number of carbonyl (C=O) groups is 2. The molecule has 134 valence electrons. The molecule has 1 heterocycles. The van der Waals surface area contributed by atoms with E-state index >= 15 is 0 Å². The number of anilines is 1. The number of carbonyl (C=O) groups excluding carboxylic acids is 2. The Morgan fingerprint density at radius 3 is 2.60 bits per heavy atom. The van der Waals surface area contributed by atoms with Crippen molar-refractivity contribution in [3.05, 3.63) is 29.8 Å². The normalized spacial score (nSPS) is 14.6. The van der Waals surface area contributed by atoms with Gasteiger partial charge in [0, 0.05) is 24.3 Å². The van der Waals surface area contributed by atoms with E-state index in [1.165, 1.54) is 4.90 Å². The molecule has 0 N–H and O–H groups in total. The summed E-state index contributed by atoms with van der Waals surface area (Å²) in [5, 5.41) is 0. The van der Waals surface area contributed by atoms with Crippen molar-refractivity contribution in [1.82, 2.24) is 4.90 Å². The second-order valence-electron chi connectivity index (χ2n) is 6.75. The van der Waals surface area contributed by atoms with E-state index in [-0.39, 0.29) is 12.5 Å². The molecule has 0 bridgehead atoms. The summed E-state index contributed by atoms with van der Waals surface area (Å²) < 4.78 is 10.7. The Hall–Kier alpha value is -2.52. The Morgan fingerprint density at radius 2 is 2.00 bits per heavy atom. The molecule has 0 spiro atoms. The van der Waals surface area contributed by atoms with Gasteiger partial charge in [-0.15, -0.1) is 6.42 Å². The van der Waals surface area contributed by atoms with Crippen LogP contribution in [-0.2, 0) is 14.3 Å². The van der Waals surface area contributed by atoms with Gasteiger partial charge in [0.1, 0.15) is 12.1 Å². The number of benzene rings is 1. The molecule has 0 aliphatic carbocycles. The standard InChI is InChI=1S/C19H24N2O4/c1-5-15-7-6-8-16(13-15)21(18(23)25-19(2,3)4)14-17(22)20-9-11-24-12-10-20/h1,6-8,13H,9-12,14H2,2-4H3. The molecular formula is C19H24N2O4. The molecule has 1 aromatic rings. The summed E-state index contributed by atoms with van der Waals surface area (Å²) in [7, 11) is 0. The zero-order valence-electron chi connectivity index (χ0n) is 14.9. The summed E-state index contributed by atoms with van der Waals surface area (Å²) in [5.41, 5.74) is 0.498. The fourth-order valence-corrected chi connectivity index (χ4v) is 2.39. The Balaban J connectivity index is 2.23. The van der Waals surface area contributed by atoms with E-state index in [1.54, 1.807) is 49.9 Å². The fourth-order valence-electron chi connectivity index (χ4n) is 2.39. The summed E-state index contributed by atoms with van der Waals surface area (Å²) in [4.78, 5) is 28.2. The van der Waals surface area contributed by atoms with Gasteiger partial charge in [0.15, 0.2) is 0 Å². The van der Waals surface area contributed by atoms with Crippen LogP contribution in [-0.4, -0.2) is 55.3 Å². The summed E-state index contributed by atoms with van der Waals surface area (Å²) in [6.45, 7) is 7.29. The van der Waals surface area contributed by atoms with Gasteiger partial charge in [-0.3, -0.25) is 9.69 Å². The van der Waals surface area contributed by atoms with Gasteiger partial charge in [-0.2, -0.15) is 0 Å². The highest BCUT2D eigenvalue weighted by atomic mass is 16.6. The molecular weight excluding hydrogens is 320 g/mol. The largest absolute Gasteiger partial charge is 0.443 e. The quantitative estimate of drug-likeness (QED) is 0.789. The third-order valence-electron chi connectivity index (χ3n) is 3.60. The van der Waals surface area contributed by atoms with Crippen molar-refractivity contribution in [2.24, 2.45) is 0 Å². The highest BCUT2D eigenvalue weighted by Gasteiger charge is 2.28. The SMILES string of the molecule is C#Cc1cccc(N(CC(=O)N2CCOCC2)C(=O)OC(C)(C)C)c1. The van der Waals surface area contributed by atoms with Crippen LogP contribution in [0.15, 0.2) is 24.3 Å². The lowest BCUT2D eigenvalue weighted by molar-refractivity contribution is -0.133. The number of nitrogens with zero attached hydrogens (tertiary/aromatic N) is 2. The predicted molar refractivity (Wildman–Crippen MR) is 95.4 cm³/mol. The van der Waals surface area contributed by atoms with Crippen LogP contribution in [0.1, 0.15) is 26.3 Å². The van der Waals surface area contributed by atoms with Crippen molar-refractivity contribution in [3.63, 3.8) is 0 Å². The highest BCUT2D eigenvalue weighted by Crippen LogP contribution is 2.20. The zero-order valence-corrected chi connectivity index (χ0v) is 14.9. The molecule has 1 saturated heterocycles. The molecule has 0 atom stereocenters. The van der Waals surface area contributed by atoms with Crippen LogP contribution in [0.25, 0.3) is 0 Å². The van der Waals surface area contributed by atoms with Crippen molar-refractivity contribution in [2.75, 3.05) is 37.7 Å². The first-order chi connectivity index (χ1) is 11.8. The van der Waals surface area contributed by atoms with Crippen LogP contribution in [0.5, 0.6) is 0 Å². The molecule has 0 unspecified atom stereocenters. The zero-order chi connectivity index (χ0) is 18.4. The van der Waals surface area contributed by atoms with Gasteiger partial charge in [0.05, 0.1) is 13.2 Å². The summed E-state index contributed by atoms with van der Waals surface area (Å²) in [6.07, 6.45) is 4.86. The van der Waals surface area contributed by atoms with E-state index in [4.69, 9.17) is 15.9 Å². The predicted octanol–water partition coefficient (Wildman–Crippen LogP) is 2.27. The molecule has 2 amide bonds. The number of morpholine rings is 1. The van der Waals surface area contributed by atoms with Crippen molar-refractivity contribution >= 4 is 17.7 Å². The molecule has 2 rings (SSSR count). The molecule has 6 heteroatoms. The molecule has 0 aromatic heterocycles. The second kappa shape index (κ2) is 8.04. The first-order valence-corrected chi connectivity index (χ1v) is 8.23. The van der Waals surface area contributed by atoms with Gasteiger partial charge >= 0.3 is 6.09 Å². The van der Waals surface area contributed by atoms with Crippen LogP contribution in [0, 0.1) is 12.3 Å². The number of hydrogen-bond acceptors (Lipinski definition) is 4. The lowest BCUT2D eigenvalue weighted by atomic mass is 10.2. The van der Waals surface area contributed by atoms with Crippen molar-refractivity contribution in [1.29, 1.82) is 0 Å². The van der Waals surface area contributed by atoms with Gasteiger partial charge in [-0.25, -0.2) is 4.79 Å². The maximum Gasteiger partial charge on any atom is 0.415 e. The molecule has 1 aromatic carbocycles. The summed E-state index contributed by atoms with van der Waals surface area (Å²) in [6, 6.07) is 6.94. The molecule has 6 nitrogen and oxygen atoms in total. The van der Waals surface area contributed by atoms with Gasteiger partial charge < -0.3 is 14.4 Å². The lowest BCUT2D eigenvalue weighted by Crippen LogP contribution is -2.48. The summed E-state index contributed by atoms with van der Waals surface area (Å²) in [5.74, 6) is 2.38. The minimum absolute atomic E-state index is 0.108. The minimum atomic E-state index is -0.666. The first-order valence-electron chi connectivity index (χ1n) is 8.23. The number of rotatable bonds is 3. The van der Waals surface area contributed by atoms with Crippen molar-refractivity contribution in [3.8, 4) is 12.3 Å². The molecule has 25 heavy (non-hydrogen) atoms. The van der Waals surface area contributed by atoms with E-state index in [2.05, 4.69) is 5.92 Å². The minimum Gasteiger partial charge on any atom is -0.443 e. The molecule has 0 saturated carbocycles. The Morgan fingerprint density at radius 1 is 1.32 bits per heavy atom. The van der Waals surface area contributed by atoms with Crippen LogP contribution in [0.2, 0.25) is 0 Å². The van der Waals surface area contributed by atoms with Crippen molar-refractivity contribution < 1.29 is 19.1 Å². The Kier molecular flexibility index (Phi) is 6.05. The van der Waals surface area contributed by atoms with Crippen LogP contribution in [0.4, 0.5) is 10.5 Å². The highest BCUT2D eigenvalue weighted by molar-refractivity contribution is 5.95. The molecule has 1 fully saturated rings.